The highest BCUT2D eigenvalue weighted by atomic mass is 35.5. The third-order valence-electron chi connectivity index (χ3n) is 4.35. The monoisotopic (exact) mass is 378 g/mol. The van der Waals surface area contributed by atoms with Gasteiger partial charge in [0, 0.05) is 34.2 Å². The van der Waals surface area contributed by atoms with Crippen molar-refractivity contribution in [2.45, 2.75) is 12.8 Å². The summed E-state index contributed by atoms with van der Waals surface area (Å²) in [7, 11) is 0. The summed E-state index contributed by atoms with van der Waals surface area (Å²) in [6.07, 6.45) is 2.72. The number of Topliss-reactive ketones (excluding diaryl/α,β-unsaturated/α-hetero) is 1. The van der Waals surface area contributed by atoms with Crippen molar-refractivity contribution in [1.82, 2.24) is 4.98 Å². The smallest absolute Gasteiger partial charge is 0.255 e. The Balaban J connectivity index is 1.46. The summed E-state index contributed by atoms with van der Waals surface area (Å²) >= 11 is 5.83. The molecule has 1 amide bonds. The number of nitrogens with zero attached hydrogens (tertiary/aromatic N) is 1. The van der Waals surface area contributed by atoms with Crippen molar-refractivity contribution in [1.29, 1.82) is 0 Å². The lowest BCUT2D eigenvalue weighted by Gasteiger charge is -2.10. The molecular formula is C21H15ClN2O3. The minimum atomic E-state index is -0.249. The highest BCUT2D eigenvalue weighted by Crippen LogP contribution is 2.33. The number of ketones is 1. The third kappa shape index (κ3) is 3.68. The van der Waals surface area contributed by atoms with Gasteiger partial charge in [-0.1, -0.05) is 23.7 Å². The SMILES string of the molecule is O=C(Nc1ccc(Oc2cccc3c2CCC3=O)nc1)c1ccc(Cl)cc1. The van der Waals surface area contributed by atoms with Crippen molar-refractivity contribution in [2.24, 2.45) is 0 Å². The standard InChI is InChI=1S/C21H15ClN2O3/c22-14-6-4-13(5-7-14)21(26)24-15-8-11-20(23-12-15)27-19-3-1-2-16-17(19)9-10-18(16)25/h1-8,11-12H,9-10H2,(H,24,26). The molecule has 1 N–H and O–H groups in total. The van der Waals surface area contributed by atoms with Crippen molar-refractivity contribution >= 4 is 29.0 Å². The first-order valence-corrected chi connectivity index (χ1v) is 8.84. The van der Waals surface area contributed by atoms with E-state index in [1.165, 1.54) is 6.20 Å². The van der Waals surface area contributed by atoms with Crippen molar-refractivity contribution in [3.05, 3.63) is 82.5 Å². The highest BCUT2D eigenvalue weighted by Gasteiger charge is 2.23. The first-order valence-electron chi connectivity index (χ1n) is 8.46. The number of nitrogens with one attached hydrogen (secondary N) is 1. The average Bonchev–Trinajstić information content (AvgIpc) is 3.06. The second-order valence-electron chi connectivity index (χ2n) is 6.15. The maximum Gasteiger partial charge on any atom is 0.255 e. The number of carbonyl (C=O) groups is 2. The summed E-state index contributed by atoms with van der Waals surface area (Å²) in [5.41, 5.74) is 2.70. The van der Waals surface area contributed by atoms with Gasteiger partial charge in [-0.15, -0.1) is 0 Å². The van der Waals surface area contributed by atoms with Crippen molar-refractivity contribution in [3.63, 3.8) is 0 Å². The molecule has 0 spiro atoms. The van der Waals surface area contributed by atoms with Crippen LogP contribution in [-0.2, 0) is 6.42 Å². The van der Waals surface area contributed by atoms with E-state index >= 15 is 0 Å². The maximum atomic E-state index is 12.2. The average molecular weight is 379 g/mol. The first kappa shape index (κ1) is 17.2. The topological polar surface area (TPSA) is 68.3 Å². The van der Waals surface area contributed by atoms with Gasteiger partial charge >= 0.3 is 0 Å². The second kappa shape index (κ2) is 7.21. The molecule has 27 heavy (non-hydrogen) atoms. The van der Waals surface area contributed by atoms with E-state index in [-0.39, 0.29) is 11.7 Å². The van der Waals surface area contributed by atoms with Crippen LogP contribution in [0.25, 0.3) is 0 Å². The molecule has 0 aliphatic heterocycles. The molecule has 0 saturated heterocycles. The molecule has 1 aromatic heterocycles. The molecule has 0 atom stereocenters. The first-order chi connectivity index (χ1) is 13.1. The van der Waals surface area contributed by atoms with Gasteiger partial charge < -0.3 is 10.1 Å². The van der Waals surface area contributed by atoms with Crippen molar-refractivity contribution < 1.29 is 14.3 Å². The van der Waals surface area contributed by atoms with Gasteiger partial charge in [-0.05, 0) is 42.8 Å². The molecule has 6 heteroatoms. The van der Waals surface area contributed by atoms with Crippen LogP contribution < -0.4 is 10.1 Å². The summed E-state index contributed by atoms with van der Waals surface area (Å²) < 4.78 is 5.84. The Morgan fingerprint density at radius 2 is 1.85 bits per heavy atom. The number of fused-ring (bicyclic) bond motifs is 1. The molecule has 0 radical (unpaired) electrons. The van der Waals surface area contributed by atoms with Gasteiger partial charge in [0.05, 0.1) is 11.9 Å². The largest absolute Gasteiger partial charge is 0.439 e. The number of halogens is 1. The molecule has 1 aliphatic rings. The number of hydrogen-bond acceptors (Lipinski definition) is 4. The van der Waals surface area contributed by atoms with E-state index in [9.17, 15) is 9.59 Å². The Bertz CT molecular complexity index is 1010. The molecular weight excluding hydrogens is 364 g/mol. The van der Waals surface area contributed by atoms with E-state index in [1.807, 2.05) is 12.1 Å². The van der Waals surface area contributed by atoms with Crippen LogP contribution in [0.5, 0.6) is 11.6 Å². The predicted molar refractivity (Wildman–Crippen MR) is 103 cm³/mol. The van der Waals surface area contributed by atoms with Gasteiger partial charge in [0.2, 0.25) is 5.88 Å². The number of benzene rings is 2. The fourth-order valence-electron chi connectivity index (χ4n) is 2.99. The fraction of sp³-hybridized carbons (Fsp3) is 0.0952. The zero-order chi connectivity index (χ0) is 18.8. The van der Waals surface area contributed by atoms with Gasteiger partial charge in [0.15, 0.2) is 5.78 Å². The van der Waals surface area contributed by atoms with Crippen LogP contribution in [0.3, 0.4) is 0 Å². The van der Waals surface area contributed by atoms with Crippen LogP contribution in [0.15, 0.2) is 60.8 Å². The van der Waals surface area contributed by atoms with Crippen LogP contribution >= 0.6 is 11.6 Å². The number of amides is 1. The van der Waals surface area contributed by atoms with E-state index in [0.717, 1.165) is 11.1 Å². The van der Waals surface area contributed by atoms with Crippen molar-refractivity contribution in [3.8, 4) is 11.6 Å². The number of hydrogen-bond donors (Lipinski definition) is 1. The Labute approximate surface area is 161 Å². The maximum absolute atomic E-state index is 12.2. The molecule has 1 aliphatic carbocycles. The van der Waals surface area contributed by atoms with Gasteiger partial charge in [0.25, 0.3) is 5.91 Å². The number of anilines is 1. The Morgan fingerprint density at radius 1 is 1.04 bits per heavy atom. The summed E-state index contributed by atoms with van der Waals surface area (Å²) in [4.78, 5) is 28.3. The van der Waals surface area contributed by atoms with Gasteiger partial charge in [-0.25, -0.2) is 4.98 Å². The Morgan fingerprint density at radius 3 is 2.59 bits per heavy atom. The van der Waals surface area contributed by atoms with E-state index < -0.39 is 0 Å². The molecule has 5 nitrogen and oxygen atoms in total. The third-order valence-corrected chi connectivity index (χ3v) is 4.60. The summed E-state index contributed by atoms with van der Waals surface area (Å²) in [5.74, 6) is 0.932. The zero-order valence-electron chi connectivity index (χ0n) is 14.2. The molecule has 4 rings (SSSR count). The summed E-state index contributed by atoms with van der Waals surface area (Å²) in [6.45, 7) is 0. The van der Waals surface area contributed by atoms with E-state index in [4.69, 9.17) is 16.3 Å². The Kier molecular flexibility index (Phi) is 4.60. The lowest BCUT2D eigenvalue weighted by Crippen LogP contribution is -2.11. The number of ether oxygens (including phenoxy) is 1. The number of carbonyl (C=O) groups excluding carboxylic acids is 2. The van der Waals surface area contributed by atoms with E-state index in [0.29, 0.717) is 40.7 Å². The normalized spacial score (nSPS) is 12.6. The molecule has 1 heterocycles. The second-order valence-corrected chi connectivity index (χ2v) is 6.59. The minimum absolute atomic E-state index is 0.142. The fourth-order valence-corrected chi connectivity index (χ4v) is 3.11. The van der Waals surface area contributed by atoms with Crippen LogP contribution in [0.2, 0.25) is 5.02 Å². The quantitative estimate of drug-likeness (QED) is 0.700. The minimum Gasteiger partial charge on any atom is -0.439 e. The zero-order valence-corrected chi connectivity index (χ0v) is 15.0. The highest BCUT2D eigenvalue weighted by molar-refractivity contribution is 6.30. The van der Waals surface area contributed by atoms with Crippen LogP contribution in [-0.4, -0.2) is 16.7 Å². The lowest BCUT2D eigenvalue weighted by atomic mass is 10.1. The van der Waals surface area contributed by atoms with Crippen molar-refractivity contribution in [2.75, 3.05) is 5.32 Å². The van der Waals surface area contributed by atoms with Crippen LogP contribution in [0.4, 0.5) is 5.69 Å². The predicted octanol–water partition coefficient (Wildman–Crippen LogP) is 4.91. The molecule has 0 fully saturated rings. The Hall–Kier alpha value is -3.18. The number of rotatable bonds is 4. The molecule has 3 aromatic rings. The molecule has 0 bridgehead atoms. The summed E-state index contributed by atoms with van der Waals surface area (Å²) in [6, 6.07) is 15.5. The lowest BCUT2D eigenvalue weighted by molar-refractivity contribution is 0.0992. The van der Waals surface area contributed by atoms with E-state index in [1.54, 1.807) is 42.5 Å². The van der Waals surface area contributed by atoms with Crippen LogP contribution in [0, 0.1) is 0 Å². The molecule has 2 aromatic carbocycles. The molecule has 0 unspecified atom stereocenters. The molecule has 134 valence electrons. The van der Waals surface area contributed by atoms with Gasteiger partial charge in [0.1, 0.15) is 5.75 Å². The van der Waals surface area contributed by atoms with Gasteiger partial charge in [-0.3, -0.25) is 9.59 Å². The summed E-state index contributed by atoms with van der Waals surface area (Å²) in [5, 5.41) is 3.34. The van der Waals surface area contributed by atoms with Gasteiger partial charge in [-0.2, -0.15) is 0 Å². The molecule has 0 saturated carbocycles. The van der Waals surface area contributed by atoms with Crippen LogP contribution in [0.1, 0.15) is 32.7 Å². The number of aromatic nitrogens is 1. The number of pyridine rings is 1. The van der Waals surface area contributed by atoms with E-state index in [2.05, 4.69) is 10.3 Å².